The zero-order valence-electron chi connectivity index (χ0n) is 6.97. The van der Waals surface area contributed by atoms with Gasteiger partial charge >= 0.3 is 0 Å². The van der Waals surface area contributed by atoms with Gasteiger partial charge < -0.3 is 5.73 Å². The number of hydrogen-bond donors (Lipinski definition) is 1. The van der Waals surface area contributed by atoms with E-state index >= 15 is 0 Å². The highest BCUT2D eigenvalue weighted by Gasteiger charge is 2.09. The molecule has 0 fully saturated rings. The number of hydrogen-bond acceptors (Lipinski definition) is 3. The number of nitriles is 1. The number of carbonyl (C=O) groups excluding carboxylic acids is 1. The molecular formula is C9H7FN2O. The first kappa shape index (κ1) is 9.20. The van der Waals surface area contributed by atoms with Crippen LogP contribution in [0.5, 0.6) is 0 Å². The maximum absolute atomic E-state index is 13.0. The summed E-state index contributed by atoms with van der Waals surface area (Å²) in [4.78, 5) is 10.9. The highest BCUT2D eigenvalue weighted by molar-refractivity contribution is 5.95. The predicted octanol–water partition coefficient (Wildman–Crippen LogP) is 1.48. The average Bonchev–Trinajstić information content (AvgIpc) is 2.09. The van der Waals surface area contributed by atoms with Crippen molar-refractivity contribution in [3.63, 3.8) is 0 Å². The zero-order valence-corrected chi connectivity index (χ0v) is 6.97. The molecule has 0 aromatic heterocycles. The fourth-order valence-corrected chi connectivity index (χ4v) is 0.914. The van der Waals surface area contributed by atoms with Crippen LogP contribution in [0.2, 0.25) is 0 Å². The van der Waals surface area contributed by atoms with Crippen molar-refractivity contribution in [3.8, 4) is 6.07 Å². The van der Waals surface area contributed by atoms with Crippen molar-refractivity contribution in [1.29, 1.82) is 5.26 Å². The number of carbonyl (C=O) groups is 1. The van der Waals surface area contributed by atoms with E-state index in [4.69, 9.17) is 11.0 Å². The maximum Gasteiger partial charge on any atom is 0.159 e. The molecule has 0 radical (unpaired) electrons. The number of benzene rings is 1. The first-order chi connectivity index (χ1) is 6.06. The second kappa shape index (κ2) is 3.23. The van der Waals surface area contributed by atoms with E-state index in [1.807, 2.05) is 0 Å². The van der Waals surface area contributed by atoms with Gasteiger partial charge in [-0.05, 0) is 19.1 Å². The molecule has 0 saturated carbocycles. The van der Waals surface area contributed by atoms with E-state index in [2.05, 4.69) is 0 Å². The number of anilines is 1. The van der Waals surface area contributed by atoms with E-state index in [9.17, 15) is 9.18 Å². The van der Waals surface area contributed by atoms with Crippen molar-refractivity contribution >= 4 is 11.5 Å². The molecule has 0 bridgehead atoms. The first-order valence-electron chi connectivity index (χ1n) is 3.56. The van der Waals surface area contributed by atoms with Crippen LogP contribution in [-0.4, -0.2) is 5.78 Å². The molecule has 0 aliphatic rings. The lowest BCUT2D eigenvalue weighted by Gasteiger charge is -2.01. The van der Waals surface area contributed by atoms with E-state index in [1.54, 1.807) is 6.07 Å². The summed E-state index contributed by atoms with van der Waals surface area (Å²) in [5.74, 6) is -1.03. The van der Waals surface area contributed by atoms with Crippen molar-refractivity contribution in [2.75, 3.05) is 5.73 Å². The number of Topliss-reactive ketones (excluding diaryl/α,β-unsaturated/α-hetero) is 1. The minimum atomic E-state index is -0.732. The molecule has 1 aromatic carbocycles. The van der Waals surface area contributed by atoms with Gasteiger partial charge in [-0.15, -0.1) is 0 Å². The molecule has 0 aliphatic carbocycles. The normalized spacial score (nSPS) is 9.31. The minimum absolute atomic E-state index is 0.00907. The Bertz CT molecular complexity index is 407. The van der Waals surface area contributed by atoms with Crippen LogP contribution in [0.4, 0.5) is 10.1 Å². The van der Waals surface area contributed by atoms with Gasteiger partial charge in [-0.3, -0.25) is 4.79 Å². The van der Waals surface area contributed by atoms with E-state index < -0.39 is 5.82 Å². The van der Waals surface area contributed by atoms with Gasteiger partial charge in [0.25, 0.3) is 0 Å². The van der Waals surface area contributed by atoms with Crippen molar-refractivity contribution < 1.29 is 9.18 Å². The van der Waals surface area contributed by atoms with Gasteiger partial charge in [0.15, 0.2) is 5.78 Å². The molecule has 4 heteroatoms. The Hall–Kier alpha value is -1.89. The van der Waals surface area contributed by atoms with Gasteiger partial charge in [0.2, 0.25) is 0 Å². The fourth-order valence-electron chi connectivity index (χ4n) is 0.914. The molecule has 0 amide bonds. The van der Waals surface area contributed by atoms with E-state index in [-0.39, 0.29) is 22.6 Å². The lowest BCUT2D eigenvalue weighted by atomic mass is 10.1. The second-order valence-corrected chi connectivity index (χ2v) is 2.59. The zero-order chi connectivity index (χ0) is 10.0. The molecular weight excluding hydrogens is 171 g/mol. The Morgan fingerprint density at radius 3 is 2.69 bits per heavy atom. The number of rotatable bonds is 1. The third-order valence-corrected chi connectivity index (χ3v) is 1.66. The van der Waals surface area contributed by atoms with Gasteiger partial charge in [-0.1, -0.05) is 0 Å². The third kappa shape index (κ3) is 1.64. The van der Waals surface area contributed by atoms with Crippen LogP contribution in [0.15, 0.2) is 12.1 Å². The Labute approximate surface area is 74.6 Å². The van der Waals surface area contributed by atoms with Crippen LogP contribution < -0.4 is 5.73 Å². The molecule has 0 atom stereocenters. The topological polar surface area (TPSA) is 66.9 Å². The number of halogens is 1. The number of nitrogens with zero attached hydrogens (tertiary/aromatic N) is 1. The van der Waals surface area contributed by atoms with Crippen LogP contribution in [0, 0.1) is 17.1 Å². The SMILES string of the molecule is CC(=O)c1cc(F)c(N)c(C#N)c1. The Morgan fingerprint density at radius 2 is 2.23 bits per heavy atom. The van der Waals surface area contributed by atoms with E-state index in [1.165, 1.54) is 13.0 Å². The average molecular weight is 178 g/mol. The Balaban J connectivity index is 3.41. The molecule has 0 spiro atoms. The molecule has 0 heterocycles. The van der Waals surface area contributed by atoms with Crippen molar-refractivity contribution in [3.05, 3.63) is 29.1 Å². The molecule has 0 saturated heterocycles. The van der Waals surface area contributed by atoms with Crippen LogP contribution in [-0.2, 0) is 0 Å². The summed E-state index contributed by atoms with van der Waals surface area (Å²) in [6.45, 7) is 1.30. The Kier molecular flexibility index (Phi) is 2.29. The minimum Gasteiger partial charge on any atom is -0.395 e. The highest BCUT2D eigenvalue weighted by atomic mass is 19.1. The number of nitrogens with two attached hydrogens (primary N) is 1. The molecule has 2 N–H and O–H groups in total. The number of ketones is 1. The first-order valence-corrected chi connectivity index (χ1v) is 3.56. The Morgan fingerprint density at radius 1 is 1.62 bits per heavy atom. The standard InChI is InChI=1S/C9H7FN2O/c1-5(13)6-2-7(4-11)9(12)8(10)3-6/h2-3H,12H2,1H3. The predicted molar refractivity (Wildman–Crippen MR) is 45.5 cm³/mol. The molecule has 3 nitrogen and oxygen atoms in total. The van der Waals surface area contributed by atoms with Gasteiger partial charge in [0, 0.05) is 5.56 Å². The monoisotopic (exact) mass is 178 g/mol. The summed E-state index contributed by atoms with van der Waals surface area (Å²) in [5, 5.41) is 8.54. The van der Waals surface area contributed by atoms with Gasteiger partial charge in [0.05, 0.1) is 11.3 Å². The van der Waals surface area contributed by atoms with Crippen molar-refractivity contribution in [2.24, 2.45) is 0 Å². The van der Waals surface area contributed by atoms with Gasteiger partial charge in [-0.25, -0.2) is 4.39 Å². The number of nitrogen functional groups attached to an aromatic ring is 1. The quantitative estimate of drug-likeness (QED) is 0.523. The molecule has 1 rings (SSSR count). The largest absolute Gasteiger partial charge is 0.395 e. The fraction of sp³-hybridized carbons (Fsp3) is 0.111. The molecule has 0 unspecified atom stereocenters. The van der Waals surface area contributed by atoms with Crippen LogP contribution in [0.25, 0.3) is 0 Å². The second-order valence-electron chi connectivity index (χ2n) is 2.59. The molecule has 13 heavy (non-hydrogen) atoms. The molecule has 0 aliphatic heterocycles. The summed E-state index contributed by atoms with van der Waals surface area (Å²) >= 11 is 0. The summed E-state index contributed by atoms with van der Waals surface area (Å²) in [5.41, 5.74) is 5.18. The van der Waals surface area contributed by atoms with Crippen LogP contribution in [0.3, 0.4) is 0 Å². The summed E-state index contributed by atoms with van der Waals surface area (Å²) in [6, 6.07) is 4.02. The van der Waals surface area contributed by atoms with Crippen LogP contribution in [0.1, 0.15) is 22.8 Å². The van der Waals surface area contributed by atoms with Gasteiger partial charge in [0.1, 0.15) is 11.9 Å². The smallest absolute Gasteiger partial charge is 0.159 e. The van der Waals surface area contributed by atoms with Gasteiger partial charge in [-0.2, -0.15) is 5.26 Å². The lowest BCUT2D eigenvalue weighted by molar-refractivity contribution is 0.101. The van der Waals surface area contributed by atoms with E-state index in [0.717, 1.165) is 6.07 Å². The molecule has 1 aromatic rings. The third-order valence-electron chi connectivity index (χ3n) is 1.66. The van der Waals surface area contributed by atoms with Crippen LogP contribution >= 0.6 is 0 Å². The van der Waals surface area contributed by atoms with Crippen molar-refractivity contribution in [1.82, 2.24) is 0 Å². The molecule has 66 valence electrons. The lowest BCUT2D eigenvalue weighted by Crippen LogP contribution is -2.00. The summed E-state index contributed by atoms with van der Waals surface area (Å²) in [6.07, 6.45) is 0. The summed E-state index contributed by atoms with van der Waals surface area (Å²) < 4.78 is 13.0. The summed E-state index contributed by atoms with van der Waals surface area (Å²) in [7, 11) is 0. The van der Waals surface area contributed by atoms with E-state index in [0.29, 0.717) is 0 Å². The maximum atomic E-state index is 13.0. The highest BCUT2D eigenvalue weighted by Crippen LogP contribution is 2.18. The van der Waals surface area contributed by atoms with Crippen molar-refractivity contribution in [2.45, 2.75) is 6.92 Å².